The zero-order valence-corrected chi connectivity index (χ0v) is 15.1. The fourth-order valence-electron chi connectivity index (χ4n) is 1.64. The topological polar surface area (TPSA) is 120 Å². The van der Waals surface area contributed by atoms with Crippen LogP contribution in [0.4, 0.5) is 5.69 Å². The molecule has 1 aromatic rings. The van der Waals surface area contributed by atoms with Gasteiger partial charge in [0.2, 0.25) is 15.9 Å². The van der Waals surface area contributed by atoms with Gasteiger partial charge >= 0.3 is 0 Å². The molecule has 0 bridgehead atoms. The highest BCUT2D eigenvalue weighted by Crippen LogP contribution is 2.15. The van der Waals surface area contributed by atoms with Crippen LogP contribution in [0.3, 0.4) is 0 Å². The Labute approximate surface area is 148 Å². The average Bonchev–Trinajstić information content (AvgIpc) is 2.53. The number of nitrogens with one attached hydrogen (secondary N) is 2. The van der Waals surface area contributed by atoms with E-state index in [-0.39, 0.29) is 42.9 Å². The summed E-state index contributed by atoms with van der Waals surface area (Å²) in [5.74, 6) is -0.369. The quantitative estimate of drug-likeness (QED) is 0.475. The van der Waals surface area contributed by atoms with Crippen molar-refractivity contribution in [1.29, 1.82) is 0 Å². The van der Waals surface area contributed by atoms with Crippen molar-refractivity contribution in [2.45, 2.75) is 11.8 Å². The van der Waals surface area contributed by atoms with Gasteiger partial charge < -0.3 is 20.5 Å². The van der Waals surface area contributed by atoms with Gasteiger partial charge in [0.15, 0.2) is 0 Å². The first-order chi connectivity index (χ1) is 11.0. The number of anilines is 1. The van der Waals surface area contributed by atoms with Crippen molar-refractivity contribution in [3.8, 4) is 0 Å². The van der Waals surface area contributed by atoms with Crippen molar-refractivity contribution in [3.63, 3.8) is 0 Å². The molecule has 0 aliphatic carbocycles. The standard InChI is InChI=1S/C14H23N3O5S.ClH/c1-2-21-8-9-22-11-14(18)17-12-4-3-5-13(10-12)23(19,20)16-7-6-15;/h3-5,10,16H,2,6-9,11,15H2,1H3,(H,17,18);1H. The molecule has 0 radical (unpaired) electrons. The van der Waals surface area contributed by atoms with Crippen LogP contribution in [0.1, 0.15) is 6.92 Å². The maximum atomic E-state index is 12.0. The van der Waals surface area contributed by atoms with E-state index < -0.39 is 10.0 Å². The second kappa shape index (κ2) is 12.2. The first kappa shape index (κ1) is 22.8. The minimum absolute atomic E-state index is 0. The maximum absolute atomic E-state index is 12.0. The van der Waals surface area contributed by atoms with Crippen molar-refractivity contribution >= 4 is 34.0 Å². The zero-order valence-electron chi connectivity index (χ0n) is 13.5. The molecule has 0 saturated carbocycles. The largest absolute Gasteiger partial charge is 0.379 e. The summed E-state index contributed by atoms with van der Waals surface area (Å²) in [5.41, 5.74) is 5.65. The highest BCUT2D eigenvalue weighted by molar-refractivity contribution is 7.89. The third-order valence-electron chi connectivity index (χ3n) is 2.67. The van der Waals surface area contributed by atoms with E-state index in [0.717, 1.165) is 0 Å². The van der Waals surface area contributed by atoms with Crippen molar-refractivity contribution in [1.82, 2.24) is 4.72 Å². The summed E-state index contributed by atoms with van der Waals surface area (Å²) < 4.78 is 36.5. The minimum atomic E-state index is -3.64. The smallest absolute Gasteiger partial charge is 0.250 e. The van der Waals surface area contributed by atoms with Crippen LogP contribution >= 0.6 is 12.4 Å². The molecule has 1 amide bonds. The van der Waals surface area contributed by atoms with Crippen LogP contribution < -0.4 is 15.8 Å². The molecule has 0 aromatic heterocycles. The molecule has 0 aliphatic heterocycles. The van der Waals surface area contributed by atoms with Crippen molar-refractivity contribution < 1.29 is 22.7 Å². The van der Waals surface area contributed by atoms with Crippen LogP contribution in [0, 0.1) is 0 Å². The van der Waals surface area contributed by atoms with Gasteiger partial charge in [-0.05, 0) is 25.1 Å². The van der Waals surface area contributed by atoms with Crippen LogP contribution in [0.15, 0.2) is 29.2 Å². The lowest BCUT2D eigenvalue weighted by atomic mass is 10.3. The molecule has 0 aliphatic rings. The Morgan fingerprint density at radius 2 is 1.96 bits per heavy atom. The van der Waals surface area contributed by atoms with Crippen LogP contribution in [-0.2, 0) is 24.3 Å². The fraction of sp³-hybridized carbons (Fsp3) is 0.500. The Bertz CT molecular complexity index is 598. The molecule has 4 N–H and O–H groups in total. The third kappa shape index (κ3) is 8.57. The SMILES string of the molecule is CCOCCOCC(=O)Nc1cccc(S(=O)(=O)NCCN)c1.Cl. The Kier molecular flexibility index (Phi) is 11.6. The summed E-state index contributed by atoms with van der Waals surface area (Å²) in [6, 6.07) is 5.95. The van der Waals surface area contributed by atoms with Gasteiger partial charge in [0.1, 0.15) is 6.61 Å². The number of nitrogens with two attached hydrogens (primary N) is 1. The second-order valence-electron chi connectivity index (χ2n) is 4.51. The number of carbonyl (C=O) groups excluding carboxylic acids is 1. The normalized spacial score (nSPS) is 10.9. The van der Waals surface area contributed by atoms with E-state index >= 15 is 0 Å². The number of ether oxygens (including phenoxy) is 2. The summed E-state index contributed by atoms with van der Waals surface area (Å²) in [4.78, 5) is 11.8. The number of carbonyl (C=O) groups is 1. The van der Waals surface area contributed by atoms with Gasteiger partial charge in [-0.3, -0.25) is 4.79 Å². The molecule has 1 rings (SSSR count). The molecule has 0 unspecified atom stereocenters. The zero-order chi connectivity index (χ0) is 17.1. The van der Waals surface area contributed by atoms with Gasteiger partial charge in [-0.15, -0.1) is 12.4 Å². The average molecular weight is 382 g/mol. The van der Waals surface area contributed by atoms with Gasteiger partial charge in [-0.1, -0.05) is 6.07 Å². The van der Waals surface area contributed by atoms with Gasteiger partial charge in [-0.2, -0.15) is 0 Å². The van der Waals surface area contributed by atoms with E-state index in [2.05, 4.69) is 10.0 Å². The Morgan fingerprint density at radius 3 is 2.62 bits per heavy atom. The molecular weight excluding hydrogens is 358 g/mol. The van der Waals surface area contributed by atoms with E-state index in [1.807, 2.05) is 6.92 Å². The predicted molar refractivity (Wildman–Crippen MR) is 93.9 cm³/mol. The van der Waals surface area contributed by atoms with E-state index in [1.165, 1.54) is 12.1 Å². The lowest BCUT2D eigenvalue weighted by molar-refractivity contribution is -0.121. The minimum Gasteiger partial charge on any atom is -0.379 e. The van der Waals surface area contributed by atoms with Crippen LogP contribution in [0.2, 0.25) is 0 Å². The number of rotatable bonds is 11. The number of hydrogen-bond donors (Lipinski definition) is 3. The van der Waals surface area contributed by atoms with Gasteiger partial charge in [-0.25, -0.2) is 13.1 Å². The van der Waals surface area contributed by atoms with Crippen molar-refractivity contribution in [2.24, 2.45) is 5.73 Å². The molecule has 0 spiro atoms. The lowest BCUT2D eigenvalue weighted by Gasteiger charge is -2.09. The van der Waals surface area contributed by atoms with Crippen molar-refractivity contribution in [2.75, 3.05) is 44.8 Å². The third-order valence-corrected chi connectivity index (χ3v) is 4.13. The van der Waals surface area contributed by atoms with Crippen LogP contribution in [0.25, 0.3) is 0 Å². The molecule has 8 nitrogen and oxygen atoms in total. The molecule has 10 heteroatoms. The maximum Gasteiger partial charge on any atom is 0.250 e. The molecule has 24 heavy (non-hydrogen) atoms. The predicted octanol–water partition coefficient (Wildman–Crippen LogP) is 0.337. The number of benzene rings is 1. The lowest BCUT2D eigenvalue weighted by Crippen LogP contribution is -2.29. The van der Waals surface area contributed by atoms with Crippen molar-refractivity contribution in [3.05, 3.63) is 24.3 Å². The summed E-state index contributed by atoms with van der Waals surface area (Å²) >= 11 is 0. The highest BCUT2D eigenvalue weighted by atomic mass is 35.5. The number of hydrogen-bond acceptors (Lipinski definition) is 6. The summed E-state index contributed by atoms with van der Waals surface area (Å²) in [5, 5.41) is 2.58. The van der Waals surface area contributed by atoms with E-state index in [0.29, 0.717) is 25.5 Å². The molecule has 0 heterocycles. The Hall–Kier alpha value is -1.23. The number of amides is 1. The Morgan fingerprint density at radius 1 is 1.25 bits per heavy atom. The van der Waals surface area contributed by atoms with E-state index in [9.17, 15) is 13.2 Å². The highest BCUT2D eigenvalue weighted by Gasteiger charge is 2.14. The molecular formula is C14H24ClN3O5S. The Balaban J connectivity index is 0.00000529. The first-order valence-electron chi connectivity index (χ1n) is 7.24. The van der Waals surface area contributed by atoms with Gasteiger partial charge in [0.05, 0.1) is 18.1 Å². The monoisotopic (exact) mass is 381 g/mol. The van der Waals surface area contributed by atoms with E-state index in [1.54, 1.807) is 12.1 Å². The number of sulfonamides is 1. The molecule has 0 atom stereocenters. The summed E-state index contributed by atoms with van der Waals surface area (Å²) in [7, 11) is -3.64. The number of halogens is 1. The van der Waals surface area contributed by atoms with Gasteiger partial charge in [0.25, 0.3) is 0 Å². The van der Waals surface area contributed by atoms with Crippen LogP contribution in [0.5, 0.6) is 0 Å². The molecule has 0 fully saturated rings. The summed E-state index contributed by atoms with van der Waals surface area (Å²) in [6.07, 6.45) is 0. The van der Waals surface area contributed by atoms with Gasteiger partial charge in [0, 0.05) is 25.4 Å². The molecule has 138 valence electrons. The fourth-order valence-corrected chi connectivity index (χ4v) is 2.73. The molecule has 1 aromatic carbocycles. The van der Waals surface area contributed by atoms with E-state index in [4.69, 9.17) is 15.2 Å². The second-order valence-corrected chi connectivity index (χ2v) is 6.28. The van der Waals surface area contributed by atoms with Crippen LogP contribution in [-0.4, -0.2) is 53.8 Å². The molecule has 0 saturated heterocycles. The first-order valence-corrected chi connectivity index (χ1v) is 8.73. The summed E-state index contributed by atoms with van der Waals surface area (Å²) in [6.45, 7) is 3.42.